The van der Waals surface area contributed by atoms with Gasteiger partial charge < -0.3 is 4.74 Å². The first kappa shape index (κ1) is 9.80. The molecule has 0 amide bonds. The van der Waals surface area contributed by atoms with E-state index in [-0.39, 0.29) is 5.60 Å². The Morgan fingerprint density at radius 2 is 2.29 bits per heavy atom. The molecule has 0 spiro atoms. The number of nitrogens with zero attached hydrogens (tertiary/aromatic N) is 1. The molecule has 1 saturated carbocycles. The highest BCUT2D eigenvalue weighted by Crippen LogP contribution is 2.42. The Labute approximate surface area is 87.1 Å². The maximum atomic E-state index is 10.5. The Balaban J connectivity index is 2.30. The van der Waals surface area contributed by atoms with Gasteiger partial charge in [0.25, 0.3) is 0 Å². The van der Waals surface area contributed by atoms with Gasteiger partial charge in [-0.05, 0) is 12.8 Å². The van der Waals surface area contributed by atoms with Crippen LogP contribution in [0.5, 0.6) is 0 Å². The van der Waals surface area contributed by atoms with Crippen molar-refractivity contribution in [3.05, 3.63) is 16.1 Å². The summed E-state index contributed by atoms with van der Waals surface area (Å²) in [6.45, 7) is 0. The van der Waals surface area contributed by atoms with Crippen LogP contribution in [-0.2, 0) is 10.3 Å². The van der Waals surface area contributed by atoms with Crippen molar-refractivity contribution in [2.45, 2.75) is 31.3 Å². The average Bonchev–Trinajstić information content (AvgIpc) is 2.87. The lowest BCUT2D eigenvalue weighted by atomic mass is 10.0. The molecule has 1 aromatic heterocycles. The predicted molar refractivity (Wildman–Crippen MR) is 54.7 cm³/mol. The molecule has 0 unspecified atom stereocenters. The standard InChI is InChI=1S/C10H13NO2S/c1-13-10(4-2-3-5-10)9-11-8(6-12)7-14-9/h6-7H,2-5H2,1H3. The third kappa shape index (κ3) is 1.48. The fourth-order valence-electron chi connectivity index (χ4n) is 2.00. The molecule has 1 heterocycles. The molecule has 3 nitrogen and oxygen atoms in total. The molecule has 76 valence electrons. The molecule has 0 aliphatic heterocycles. The van der Waals surface area contributed by atoms with Gasteiger partial charge in [-0.25, -0.2) is 4.98 Å². The molecule has 14 heavy (non-hydrogen) atoms. The summed E-state index contributed by atoms with van der Waals surface area (Å²) < 4.78 is 5.57. The van der Waals surface area contributed by atoms with Crippen molar-refractivity contribution in [1.29, 1.82) is 0 Å². The minimum atomic E-state index is -0.202. The molecular formula is C10H13NO2S. The van der Waals surface area contributed by atoms with Gasteiger partial charge in [-0.2, -0.15) is 0 Å². The smallest absolute Gasteiger partial charge is 0.169 e. The highest BCUT2D eigenvalue weighted by Gasteiger charge is 2.38. The summed E-state index contributed by atoms with van der Waals surface area (Å²) in [5.74, 6) is 0. The third-order valence-electron chi connectivity index (χ3n) is 2.83. The van der Waals surface area contributed by atoms with Gasteiger partial charge in [0.05, 0.1) is 0 Å². The first-order chi connectivity index (χ1) is 6.80. The summed E-state index contributed by atoms with van der Waals surface area (Å²) in [4.78, 5) is 14.8. The lowest BCUT2D eigenvalue weighted by Gasteiger charge is -2.24. The molecule has 1 fully saturated rings. The molecule has 0 N–H and O–H groups in total. The number of carbonyl (C=O) groups excluding carboxylic acids is 1. The van der Waals surface area contributed by atoms with Crippen LogP contribution in [-0.4, -0.2) is 18.4 Å². The van der Waals surface area contributed by atoms with Gasteiger partial charge in [0.1, 0.15) is 16.3 Å². The Hall–Kier alpha value is -0.740. The van der Waals surface area contributed by atoms with Gasteiger partial charge in [0.15, 0.2) is 6.29 Å². The van der Waals surface area contributed by atoms with Crippen LogP contribution in [0.2, 0.25) is 0 Å². The molecule has 4 heteroatoms. The molecule has 1 aliphatic rings. The maximum Gasteiger partial charge on any atom is 0.169 e. The Bertz CT molecular complexity index is 329. The van der Waals surface area contributed by atoms with Crippen LogP contribution in [0, 0.1) is 0 Å². The van der Waals surface area contributed by atoms with Gasteiger partial charge in [-0.3, -0.25) is 4.79 Å². The quantitative estimate of drug-likeness (QED) is 0.720. The highest BCUT2D eigenvalue weighted by molar-refractivity contribution is 7.10. The Kier molecular flexibility index (Phi) is 2.65. The minimum Gasteiger partial charge on any atom is -0.371 e. The van der Waals surface area contributed by atoms with Gasteiger partial charge in [-0.1, -0.05) is 12.8 Å². The van der Waals surface area contributed by atoms with Crippen molar-refractivity contribution in [3.63, 3.8) is 0 Å². The predicted octanol–water partition coefficient (Wildman–Crippen LogP) is 2.37. The SMILES string of the molecule is COC1(c2nc(C=O)cs2)CCCC1. The number of carbonyl (C=O) groups is 1. The average molecular weight is 211 g/mol. The molecular weight excluding hydrogens is 198 g/mol. The van der Waals surface area contributed by atoms with Crippen LogP contribution in [0.4, 0.5) is 0 Å². The summed E-state index contributed by atoms with van der Waals surface area (Å²) in [5, 5.41) is 2.75. The first-order valence-corrected chi connectivity index (χ1v) is 5.65. The van der Waals surface area contributed by atoms with Crippen molar-refractivity contribution in [3.8, 4) is 0 Å². The lowest BCUT2D eigenvalue weighted by molar-refractivity contribution is -0.00890. The van der Waals surface area contributed by atoms with Crippen molar-refractivity contribution in [2.75, 3.05) is 7.11 Å². The van der Waals surface area contributed by atoms with E-state index in [1.165, 1.54) is 24.2 Å². The summed E-state index contributed by atoms with van der Waals surface area (Å²) >= 11 is 1.53. The van der Waals surface area contributed by atoms with E-state index in [1.807, 2.05) is 0 Å². The van der Waals surface area contributed by atoms with Crippen LogP contribution in [0.1, 0.15) is 41.2 Å². The summed E-state index contributed by atoms with van der Waals surface area (Å²) in [6.07, 6.45) is 5.20. The highest BCUT2D eigenvalue weighted by atomic mass is 32.1. The topological polar surface area (TPSA) is 39.2 Å². The van der Waals surface area contributed by atoms with Crippen molar-refractivity contribution in [2.24, 2.45) is 0 Å². The Morgan fingerprint density at radius 3 is 2.79 bits per heavy atom. The number of hydrogen-bond donors (Lipinski definition) is 0. The van der Waals surface area contributed by atoms with Crippen LogP contribution in [0.15, 0.2) is 5.38 Å². The zero-order valence-electron chi connectivity index (χ0n) is 8.16. The number of thiazole rings is 1. The van der Waals surface area contributed by atoms with Crippen LogP contribution in [0.25, 0.3) is 0 Å². The summed E-state index contributed by atoms with van der Waals surface area (Å²) in [5.41, 5.74) is 0.319. The number of aldehydes is 1. The van der Waals surface area contributed by atoms with Crippen molar-refractivity contribution >= 4 is 17.6 Å². The zero-order chi connectivity index (χ0) is 10.0. The van der Waals surface area contributed by atoms with Gasteiger partial charge in [-0.15, -0.1) is 11.3 Å². The Morgan fingerprint density at radius 1 is 1.57 bits per heavy atom. The van der Waals surface area contributed by atoms with E-state index in [2.05, 4.69) is 4.98 Å². The second-order valence-electron chi connectivity index (χ2n) is 3.60. The maximum absolute atomic E-state index is 10.5. The molecule has 0 aromatic carbocycles. The van der Waals surface area contributed by atoms with E-state index in [9.17, 15) is 4.79 Å². The van der Waals surface area contributed by atoms with E-state index in [0.717, 1.165) is 24.1 Å². The minimum absolute atomic E-state index is 0.202. The van der Waals surface area contributed by atoms with E-state index in [4.69, 9.17) is 4.74 Å². The van der Waals surface area contributed by atoms with E-state index in [0.29, 0.717) is 5.69 Å². The zero-order valence-corrected chi connectivity index (χ0v) is 8.97. The molecule has 1 aromatic rings. The van der Waals surface area contributed by atoms with Crippen LogP contribution >= 0.6 is 11.3 Å². The van der Waals surface area contributed by atoms with E-state index < -0.39 is 0 Å². The van der Waals surface area contributed by atoms with E-state index >= 15 is 0 Å². The van der Waals surface area contributed by atoms with Crippen LogP contribution in [0.3, 0.4) is 0 Å². The van der Waals surface area contributed by atoms with Gasteiger partial charge >= 0.3 is 0 Å². The van der Waals surface area contributed by atoms with Gasteiger partial charge in [0, 0.05) is 12.5 Å². The van der Waals surface area contributed by atoms with E-state index in [1.54, 1.807) is 12.5 Å². The second kappa shape index (κ2) is 3.79. The number of aromatic nitrogens is 1. The summed E-state index contributed by atoms with van der Waals surface area (Å²) in [7, 11) is 1.73. The molecule has 0 saturated heterocycles. The normalized spacial score (nSPS) is 19.8. The number of rotatable bonds is 3. The monoisotopic (exact) mass is 211 g/mol. The first-order valence-electron chi connectivity index (χ1n) is 4.77. The fraction of sp³-hybridized carbons (Fsp3) is 0.600. The van der Waals surface area contributed by atoms with Crippen molar-refractivity contribution in [1.82, 2.24) is 4.98 Å². The lowest BCUT2D eigenvalue weighted by Crippen LogP contribution is -2.24. The molecule has 0 bridgehead atoms. The fourth-order valence-corrected chi connectivity index (χ4v) is 3.00. The second-order valence-corrected chi connectivity index (χ2v) is 4.46. The van der Waals surface area contributed by atoms with Gasteiger partial charge in [0.2, 0.25) is 0 Å². The number of methoxy groups -OCH3 is 1. The number of hydrogen-bond acceptors (Lipinski definition) is 4. The summed E-state index contributed by atoms with van der Waals surface area (Å²) in [6, 6.07) is 0. The van der Waals surface area contributed by atoms with Crippen LogP contribution < -0.4 is 0 Å². The molecule has 0 radical (unpaired) electrons. The van der Waals surface area contributed by atoms with Crippen molar-refractivity contribution < 1.29 is 9.53 Å². The largest absolute Gasteiger partial charge is 0.371 e. The molecule has 2 rings (SSSR count). The third-order valence-corrected chi connectivity index (χ3v) is 3.88. The molecule has 0 atom stereocenters. The number of ether oxygens (including phenoxy) is 1. The molecule has 1 aliphatic carbocycles.